The normalized spacial score (nSPS) is 13.4. The van der Waals surface area contributed by atoms with Crippen molar-refractivity contribution in [2.75, 3.05) is 11.4 Å². The number of nitrogens with zero attached hydrogens (tertiary/aromatic N) is 2. The summed E-state index contributed by atoms with van der Waals surface area (Å²) in [5.41, 5.74) is 7.79. The minimum Gasteiger partial charge on any atom is -0.330 e. The molecule has 5 nitrogen and oxygen atoms in total. The fraction of sp³-hybridized carbons (Fsp3) is 0.250. The average molecular weight is 229 g/mol. The van der Waals surface area contributed by atoms with Crippen LogP contribution in [0.5, 0.6) is 0 Å². The van der Waals surface area contributed by atoms with E-state index in [4.69, 9.17) is 11.0 Å². The number of imide groups is 1. The van der Waals surface area contributed by atoms with Gasteiger partial charge in [0.25, 0.3) is 0 Å². The fourth-order valence-electron chi connectivity index (χ4n) is 1.97. The maximum atomic E-state index is 11.6. The number of nitriles is 1. The number of benzene rings is 1. The Morgan fingerprint density at radius 3 is 2.94 bits per heavy atom. The third-order valence-electron chi connectivity index (χ3n) is 2.71. The standard InChI is InChI=1S/C12H11N3O2/c13-4-3-8-1-2-10-9(5-8)6-11(16)15(10)12(17)7-14/h1-2,5H,3-4,6,13H2. The van der Waals surface area contributed by atoms with E-state index in [1.807, 2.05) is 12.1 Å². The van der Waals surface area contributed by atoms with Crippen LogP contribution in [-0.4, -0.2) is 18.4 Å². The summed E-state index contributed by atoms with van der Waals surface area (Å²) in [6, 6.07) is 6.85. The third-order valence-corrected chi connectivity index (χ3v) is 2.71. The van der Waals surface area contributed by atoms with Crippen molar-refractivity contribution in [2.24, 2.45) is 5.73 Å². The molecule has 1 aromatic carbocycles. The van der Waals surface area contributed by atoms with Gasteiger partial charge in [0.15, 0.2) is 6.07 Å². The van der Waals surface area contributed by atoms with E-state index in [1.165, 1.54) is 6.07 Å². The van der Waals surface area contributed by atoms with Crippen LogP contribution in [0.2, 0.25) is 0 Å². The van der Waals surface area contributed by atoms with Crippen LogP contribution < -0.4 is 10.6 Å². The van der Waals surface area contributed by atoms with Gasteiger partial charge in [-0.25, -0.2) is 4.90 Å². The second kappa shape index (κ2) is 4.36. The molecule has 0 spiro atoms. The number of amides is 2. The van der Waals surface area contributed by atoms with Crippen molar-refractivity contribution in [3.8, 4) is 6.07 Å². The second-order valence-electron chi connectivity index (χ2n) is 3.82. The number of fused-ring (bicyclic) bond motifs is 1. The van der Waals surface area contributed by atoms with Gasteiger partial charge in [0.2, 0.25) is 5.91 Å². The van der Waals surface area contributed by atoms with Crippen molar-refractivity contribution in [3.63, 3.8) is 0 Å². The number of carbonyl (C=O) groups is 2. The van der Waals surface area contributed by atoms with E-state index in [9.17, 15) is 9.59 Å². The van der Waals surface area contributed by atoms with Gasteiger partial charge in [-0.05, 0) is 30.2 Å². The van der Waals surface area contributed by atoms with Gasteiger partial charge in [-0.2, -0.15) is 5.26 Å². The largest absolute Gasteiger partial charge is 0.336 e. The quantitative estimate of drug-likeness (QED) is 0.730. The fourth-order valence-corrected chi connectivity index (χ4v) is 1.97. The molecule has 0 fully saturated rings. The molecule has 2 amide bonds. The predicted molar refractivity (Wildman–Crippen MR) is 61.0 cm³/mol. The predicted octanol–water partition coefficient (Wildman–Crippen LogP) is 0.127. The molecule has 2 N–H and O–H groups in total. The Morgan fingerprint density at radius 1 is 1.53 bits per heavy atom. The first kappa shape index (κ1) is 11.3. The molecular formula is C12H11N3O2. The first-order valence-corrected chi connectivity index (χ1v) is 5.26. The number of rotatable bonds is 2. The van der Waals surface area contributed by atoms with Gasteiger partial charge in [-0.3, -0.25) is 9.59 Å². The van der Waals surface area contributed by atoms with E-state index in [1.54, 1.807) is 6.07 Å². The second-order valence-corrected chi connectivity index (χ2v) is 3.82. The molecule has 1 aliphatic heterocycles. The molecule has 1 aromatic rings. The molecule has 2 rings (SSSR count). The van der Waals surface area contributed by atoms with Crippen LogP contribution in [0.15, 0.2) is 18.2 Å². The first-order valence-electron chi connectivity index (χ1n) is 5.26. The zero-order chi connectivity index (χ0) is 12.4. The molecule has 86 valence electrons. The van der Waals surface area contributed by atoms with Crippen molar-refractivity contribution in [1.29, 1.82) is 5.26 Å². The van der Waals surface area contributed by atoms with E-state index in [0.717, 1.165) is 22.4 Å². The van der Waals surface area contributed by atoms with Crippen molar-refractivity contribution in [1.82, 2.24) is 0 Å². The highest BCUT2D eigenvalue weighted by Gasteiger charge is 2.32. The summed E-state index contributed by atoms with van der Waals surface area (Å²) in [6.45, 7) is 0.535. The number of carbonyl (C=O) groups excluding carboxylic acids is 2. The summed E-state index contributed by atoms with van der Waals surface area (Å²) in [5.74, 6) is -1.18. The van der Waals surface area contributed by atoms with Gasteiger partial charge < -0.3 is 5.73 Å². The highest BCUT2D eigenvalue weighted by Crippen LogP contribution is 2.29. The Balaban J connectivity index is 2.39. The topological polar surface area (TPSA) is 87.2 Å². The molecule has 1 aliphatic rings. The van der Waals surface area contributed by atoms with E-state index in [-0.39, 0.29) is 12.3 Å². The Morgan fingerprint density at radius 2 is 2.29 bits per heavy atom. The molecule has 0 saturated carbocycles. The van der Waals surface area contributed by atoms with Crippen molar-refractivity contribution < 1.29 is 9.59 Å². The summed E-state index contributed by atoms with van der Waals surface area (Å²) in [7, 11) is 0. The number of nitrogens with two attached hydrogens (primary N) is 1. The first-order chi connectivity index (χ1) is 8.17. The molecule has 0 atom stereocenters. The Hall–Kier alpha value is -2.19. The molecule has 0 aromatic heterocycles. The highest BCUT2D eigenvalue weighted by molar-refractivity contribution is 6.23. The van der Waals surface area contributed by atoms with Crippen LogP contribution in [-0.2, 0) is 22.4 Å². The molecular weight excluding hydrogens is 218 g/mol. The Bertz CT molecular complexity index is 531. The van der Waals surface area contributed by atoms with Crippen LogP contribution >= 0.6 is 0 Å². The van der Waals surface area contributed by atoms with Gasteiger partial charge >= 0.3 is 5.91 Å². The maximum Gasteiger partial charge on any atom is 0.336 e. The zero-order valence-corrected chi connectivity index (χ0v) is 9.14. The molecule has 0 unspecified atom stereocenters. The Labute approximate surface area is 98.4 Å². The monoisotopic (exact) mass is 229 g/mol. The van der Waals surface area contributed by atoms with Crippen LogP contribution in [0.4, 0.5) is 5.69 Å². The molecule has 5 heteroatoms. The minimum atomic E-state index is -0.833. The van der Waals surface area contributed by atoms with E-state index >= 15 is 0 Å². The summed E-state index contributed by atoms with van der Waals surface area (Å²) in [4.78, 5) is 23.9. The summed E-state index contributed by atoms with van der Waals surface area (Å²) in [5, 5.41) is 8.57. The number of anilines is 1. The smallest absolute Gasteiger partial charge is 0.330 e. The molecule has 17 heavy (non-hydrogen) atoms. The van der Waals surface area contributed by atoms with Crippen LogP contribution in [0.3, 0.4) is 0 Å². The lowest BCUT2D eigenvalue weighted by molar-refractivity contribution is -0.122. The van der Waals surface area contributed by atoms with Gasteiger partial charge in [-0.15, -0.1) is 0 Å². The summed E-state index contributed by atoms with van der Waals surface area (Å²) < 4.78 is 0. The van der Waals surface area contributed by atoms with Crippen LogP contribution in [0.1, 0.15) is 11.1 Å². The lowest BCUT2D eigenvalue weighted by atomic mass is 10.1. The molecule has 0 aliphatic carbocycles. The molecule has 0 radical (unpaired) electrons. The van der Waals surface area contributed by atoms with Gasteiger partial charge in [0.05, 0.1) is 12.1 Å². The number of hydrogen-bond donors (Lipinski definition) is 1. The average Bonchev–Trinajstić information content (AvgIpc) is 2.64. The maximum absolute atomic E-state index is 11.6. The number of hydrogen-bond acceptors (Lipinski definition) is 4. The molecule has 0 bridgehead atoms. The van der Waals surface area contributed by atoms with Gasteiger partial charge in [0.1, 0.15) is 0 Å². The Kier molecular flexibility index (Phi) is 2.90. The summed E-state index contributed by atoms with van der Waals surface area (Å²) in [6.07, 6.45) is 0.898. The van der Waals surface area contributed by atoms with Crippen LogP contribution in [0, 0.1) is 11.3 Å². The molecule has 1 heterocycles. The summed E-state index contributed by atoms with van der Waals surface area (Å²) >= 11 is 0. The lowest BCUT2D eigenvalue weighted by Gasteiger charge is -2.11. The van der Waals surface area contributed by atoms with Gasteiger partial charge in [0, 0.05) is 0 Å². The van der Waals surface area contributed by atoms with E-state index in [0.29, 0.717) is 12.2 Å². The van der Waals surface area contributed by atoms with Crippen molar-refractivity contribution >= 4 is 17.5 Å². The van der Waals surface area contributed by atoms with E-state index in [2.05, 4.69) is 0 Å². The van der Waals surface area contributed by atoms with Gasteiger partial charge in [-0.1, -0.05) is 12.1 Å². The van der Waals surface area contributed by atoms with Crippen molar-refractivity contribution in [3.05, 3.63) is 29.3 Å². The third kappa shape index (κ3) is 1.90. The van der Waals surface area contributed by atoms with Crippen molar-refractivity contribution in [2.45, 2.75) is 12.8 Å². The highest BCUT2D eigenvalue weighted by atomic mass is 16.2. The lowest BCUT2D eigenvalue weighted by Crippen LogP contribution is -2.32. The van der Waals surface area contributed by atoms with E-state index < -0.39 is 5.91 Å². The SMILES string of the molecule is N#CC(=O)N1C(=O)Cc2cc(CCN)ccc21. The minimum absolute atomic E-state index is 0.168. The zero-order valence-electron chi connectivity index (χ0n) is 9.14. The van der Waals surface area contributed by atoms with Crippen LogP contribution in [0.25, 0.3) is 0 Å². The molecule has 0 saturated heterocycles.